The average molecular weight is 417 g/mol. The molecule has 0 aliphatic rings. The molecule has 0 fully saturated rings. The third-order valence-electron chi connectivity index (χ3n) is 5.08. The van der Waals surface area contributed by atoms with Crippen LogP contribution in [0, 0.1) is 13.8 Å². The van der Waals surface area contributed by atoms with Crippen molar-refractivity contribution in [1.82, 2.24) is 9.47 Å². The first-order valence-electron chi connectivity index (χ1n) is 9.11. The van der Waals surface area contributed by atoms with Gasteiger partial charge in [0, 0.05) is 35.4 Å². The molecule has 0 aliphatic heterocycles. The van der Waals surface area contributed by atoms with Crippen LogP contribution < -0.4 is 0 Å². The fourth-order valence-electron chi connectivity index (χ4n) is 3.39. The first kappa shape index (κ1) is 22.4. The van der Waals surface area contributed by atoms with Crippen LogP contribution >= 0.6 is 11.6 Å². The lowest BCUT2D eigenvalue weighted by molar-refractivity contribution is 0.0588. The Labute approximate surface area is 175 Å². The molecule has 29 heavy (non-hydrogen) atoms. The number of nitrogens with zero attached hydrogens (tertiary/aromatic N) is 2. The molecule has 6 nitrogen and oxygen atoms in total. The van der Waals surface area contributed by atoms with Crippen molar-refractivity contribution in [3.05, 3.63) is 70.0 Å². The van der Waals surface area contributed by atoms with Crippen molar-refractivity contribution in [2.45, 2.75) is 26.8 Å². The van der Waals surface area contributed by atoms with Crippen molar-refractivity contribution in [3.8, 4) is 0 Å². The smallest absolute Gasteiger partial charge is 0.354 e. The van der Waals surface area contributed by atoms with E-state index in [2.05, 4.69) is 6.58 Å². The van der Waals surface area contributed by atoms with Crippen molar-refractivity contribution in [1.29, 1.82) is 0 Å². The Hall–Kier alpha value is -2.86. The minimum absolute atomic E-state index is 0.198. The Bertz CT molecular complexity index is 960. The maximum Gasteiger partial charge on any atom is 0.354 e. The van der Waals surface area contributed by atoms with Crippen LogP contribution in [0.5, 0.6) is 0 Å². The van der Waals surface area contributed by atoms with Gasteiger partial charge in [0.2, 0.25) is 0 Å². The molecule has 1 amide bonds. The van der Waals surface area contributed by atoms with Gasteiger partial charge in [-0.1, -0.05) is 17.7 Å². The summed E-state index contributed by atoms with van der Waals surface area (Å²) in [5.74, 6) is -1.07. The molecule has 0 spiro atoms. The minimum Gasteiger partial charge on any atom is -0.464 e. The monoisotopic (exact) mass is 416 g/mol. The number of ketones is 1. The third kappa shape index (κ3) is 4.27. The molecule has 2 rings (SSSR count). The van der Waals surface area contributed by atoms with E-state index < -0.39 is 12.0 Å². The standard InChI is InChI=1S/C22H25ClN2O4/c1-7-12-25(21(27)16-8-10-17(23)11-9-16)15(4)20(26)18-13(2)19(22(28)29-6)24(5)14(18)3/h7-11,15H,1,12H2,2-6H3. The van der Waals surface area contributed by atoms with Gasteiger partial charge < -0.3 is 14.2 Å². The molecule has 1 heterocycles. The molecule has 1 atom stereocenters. The normalized spacial score (nSPS) is 11.7. The van der Waals surface area contributed by atoms with Gasteiger partial charge in [-0.3, -0.25) is 9.59 Å². The molecule has 1 unspecified atom stereocenters. The van der Waals surface area contributed by atoms with E-state index in [1.807, 2.05) is 0 Å². The number of ether oxygens (including phenoxy) is 1. The van der Waals surface area contributed by atoms with Gasteiger partial charge in [-0.15, -0.1) is 6.58 Å². The van der Waals surface area contributed by atoms with Gasteiger partial charge in [-0.25, -0.2) is 4.79 Å². The Morgan fingerprint density at radius 2 is 1.83 bits per heavy atom. The van der Waals surface area contributed by atoms with Crippen molar-refractivity contribution < 1.29 is 19.1 Å². The van der Waals surface area contributed by atoms with Crippen LogP contribution in [-0.4, -0.2) is 46.8 Å². The summed E-state index contributed by atoms with van der Waals surface area (Å²) in [6.45, 7) is 9.04. The van der Waals surface area contributed by atoms with E-state index in [4.69, 9.17) is 16.3 Å². The summed E-state index contributed by atoms with van der Waals surface area (Å²) < 4.78 is 6.48. The van der Waals surface area contributed by atoms with E-state index in [0.717, 1.165) is 0 Å². The lowest BCUT2D eigenvalue weighted by atomic mass is 9.99. The van der Waals surface area contributed by atoms with Crippen LogP contribution in [-0.2, 0) is 11.8 Å². The number of hydrogen-bond acceptors (Lipinski definition) is 4. The summed E-state index contributed by atoms with van der Waals surface area (Å²) in [5.41, 5.74) is 2.33. The molecule has 7 heteroatoms. The van der Waals surface area contributed by atoms with Crippen molar-refractivity contribution in [2.75, 3.05) is 13.7 Å². The molecule has 0 bridgehead atoms. The van der Waals surface area contributed by atoms with Gasteiger partial charge in [0.05, 0.1) is 13.2 Å². The van der Waals surface area contributed by atoms with E-state index in [1.54, 1.807) is 62.7 Å². The molecule has 0 saturated heterocycles. The first-order valence-corrected chi connectivity index (χ1v) is 9.49. The quantitative estimate of drug-likeness (QED) is 0.389. The predicted octanol–water partition coefficient (Wildman–Crippen LogP) is 3.98. The summed E-state index contributed by atoms with van der Waals surface area (Å²) >= 11 is 5.90. The fraction of sp³-hybridized carbons (Fsp3) is 0.318. The number of carbonyl (C=O) groups excluding carboxylic acids is 3. The third-order valence-corrected chi connectivity index (χ3v) is 5.33. The van der Waals surface area contributed by atoms with Crippen LogP contribution in [0.1, 0.15) is 49.4 Å². The molecule has 0 aliphatic carbocycles. The lowest BCUT2D eigenvalue weighted by Crippen LogP contribution is -2.43. The highest BCUT2D eigenvalue weighted by molar-refractivity contribution is 6.30. The number of amides is 1. The van der Waals surface area contributed by atoms with Gasteiger partial charge in [-0.05, 0) is 50.6 Å². The second-order valence-electron chi connectivity index (χ2n) is 6.78. The van der Waals surface area contributed by atoms with Gasteiger partial charge in [0.1, 0.15) is 5.69 Å². The zero-order valence-corrected chi connectivity index (χ0v) is 18.0. The highest BCUT2D eigenvalue weighted by Gasteiger charge is 2.32. The van der Waals surface area contributed by atoms with Gasteiger partial charge in [-0.2, -0.15) is 0 Å². The second-order valence-corrected chi connectivity index (χ2v) is 7.21. The van der Waals surface area contributed by atoms with Crippen LogP contribution in [0.15, 0.2) is 36.9 Å². The molecular formula is C22H25ClN2O4. The van der Waals surface area contributed by atoms with E-state index in [9.17, 15) is 14.4 Å². The number of Topliss-reactive ketones (excluding diaryl/α,β-unsaturated/α-hetero) is 1. The molecule has 2 aromatic rings. The number of hydrogen-bond donors (Lipinski definition) is 0. The fourth-order valence-corrected chi connectivity index (χ4v) is 3.52. The number of methoxy groups -OCH3 is 1. The first-order chi connectivity index (χ1) is 13.6. The maximum absolute atomic E-state index is 13.4. The van der Waals surface area contributed by atoms with Gasteiger partial charge in [0.25, 0.3) is 5.91 Å². The SMILES string of the molecule is C=CCN(C(=O)c1ccc(Cl)cc1)C(C)C(=O)c1c(C)c(C(=O)OC)n(C)c1C. The number of halogens is 1. The lowest BCUT2D eigenvalue weighted by Gasteiger charge is -2.27. The minimum atomic E-state index is -0.763. The molecule has 0 N–H and O–H groups in total. The average Bonchev–Trinajstić information content (AvgIpc) is 2.93. The number of benzene rings is 1. The number of esters is 1. The van der Waals surface area contributed by atoms with Crippen molar-refractivity contribution in [2.24, 2.45) is 7.05 Å². The van der Waals surface area contributed by atoms with E-state index in [0.29, 0.717) is 33.1 Å². The van der Waals surface area contributed by atoms with E-state index >= 15 is 0 Å². The predicted molar refractivity (Wildman–Crippen MR) is 113 cm³/mol. The molecule has 1 aromatic carbocycles. The number of carbonyl (C=O) groups is 3. The van der Waals surface area contributed by atoms with Gasteiger partial charge >= 0.3 is 5.97 Å². The van der Waals surface area contributed by atoms with Crippen LogP contribution in [0.2, 0.25) is 5.02 Å². The Morgan fingerprint density at radius 3 is 2.34 bits per heavy atom. The Morgan fingerprint density at radius 1 is 1.24 bits per heavy atom. The zero-order valence-electron chi connectivity index (χ0n) is 17.3. The zero-order chi connectivity index (χ0) is 21.9. The summed E-state index contributed by atoms with van der Waals surface area (Å²) in [5, 5.41) is 0.520. The molecule has 0 radical (unpaired) electrons. The number of rotatable bonds is 7. The second kappa shape index (κ2) is 9.09. The van der Waals surface area contributed by atoms with E-state index in [1.165, 1.54) is 12.0 Å². The van der Waals surface area contributed by atoms with Crippen LogP contribution in [0.4, 0.5) is 0 Å². The molecule has 0 saturated carbocycles. The highest BCUT2D eigenvalue weighted by atomic mass is 35.5. The molecular weight excluding hydrogens is 392 g/mol. The highest BCUT2D eigenvalue weighted by Crippen LogP contribution is 2.25. The topological polar surface area (TPSA) is 68.6 Å². The Balaban J connectivity index is 2.45. The molecule has 154 valence electrons. The number of aromatic nitrogens is 1. The summed E-state index contributed by atoms with van der Waals surface area (Å²) in [6.07, 6.45) is 1.57. The molecule has 1 aromatic heterocycles. The van der Waals surface area contributed by atoms with Crippen LogP contribution in [0.3, 0.4) is 0 Å². The summed E-state index contributed by atoms with van der Waals surface area (Å²) in [6, 6.07) is 5.73. The van der Waals surface area contributed by atoms with Crippen molar-refractivity contribution in [3.63, 3.8) is 0 Å². The summed E-state index contributed by atoms with van der Waals surface area (Å²) in [7, 11) is 3.00. The van der Waals surface area contributed by atoms with Gasteiger partial charge in [0.15, 0.2) is 5.78 Å². The maximum atomic E-state index is 13.4. The van der Waals surface area contributed by atoms with Crippen LogP contribution in [0.25, 0.3) is 0 Å². The van der Waals surface area contributed by atoms with E-state index in [-0.39, 0.29) is 18.2 Å². The largest absolute Gasteiger partial charge is 0.464 e. The van der Waals surface area contributed by atoms with Crippen molar-refractivity contribution >= 4 is 29.3 Å². The Kier molecular flexibility index (Phi) is 7.03. The summed E-state index contributed by atoms with van der Waals surface area (Å²) in [4.78, 5) is 40.0.